The number of rotatable bonds is 3. The first kappa shape index (κ1) is 22.8. The highest BCUT2D eigenvalue weighted by Gasteiger charge is 2.30. The minimum Gasteiger partial charge on any atom is -0.0622 e. The van der Waals surface area contributed by atoms with Crippen molar-refractivity contribution >= 4 is 10.8 Å². The van der Waals surface area contributed by atoms with E-state index in [9.17, 15) is 0 Å². The molecule has 0 heterocycles. The van der Waals surface area contributed by atoms with Gasteiger partial charge < -0.3 is 0 Å². The Balaban J connectivity index is 1.63. The van der Waals surface area contributed by atoms with E-state index < -0.39 is 0 Å². The average molecular weight is 487 g/mol. The van der Waals surface area contributed by atoms with E-state index >= 15 is 0 Å². The quantitative estimate of drug-likeness (QED) is 0.233. The zero-order chi connectivity index (χ0) is 25.9. The normalized spacial score (nSPS) is 12.1. The Kier molecular flexibility index (Phi) is 5.13. The van der Waals surface area contributed by atoms with Crippen molar-refractivity contribution < 1.29 is 0 Å². The molecule has 182 valence electrons. The van der Waals surface area contributed by atoms with Gasteiger partial charge in [0, 0.05) is 0 Å². The maximum absolute atomic E-state index is 2.44. The van der Waals surface area contributed by atoms with E-state index in [0.29, 0.717) is 0 Å². The molecular formula is C38H30. The molecule has 0 N–H and O–H groups in total. The molecule has 0 spiro atoms. The van der Waals surface area contributed by atoms with Crippen molar-refractivity contribution in [2.24, 2.45) is 0 Å². The smallest absolute Gasteiger partial charge is 0.000764 e. The molecule has 0 aromatic heterocycles. The van der Waals surface area contributed by atoms with Gasteiger partial charge in [0.2, 0.25) is 0 Å². The van der Waals surface area contributed by atoms with E-state index in [1.54, 1.807) is 0 Å². The first-order chi connectivity index (χ1) is 18.5. The predicted octanol–water partition coefficient (Wildman–Crippen LogP) is 10.8. The molecule has 0 saturated heterocycles. The van der Waals surface area contributed by atoms with E-state index in [-0.39, 0.29) is 5.41 Å². The predicted molar refractivity (Wildman–Crippen MR) is 163 cm³/mol. The topological polar surface area (TPSA) is 0 Å². The number of fused-ring (bicyclic) bond motifs is 3. The lowest BCUT2D eigenvalue weighted by Gasteiger charge is -2.22. The summed E-state index contributed by atoms with van der Waals surface area (Å²) >= 11 is 0. The van der Waals surface area contributed by atoms with Gasteiger partial charge in [0.1, 0.15) is 0 Å². The third-order valence-electron chi connectivity index (χ3n) is 7.98. The molecule has 6 aromatic rings. The zero-order valence-electron chi connectivity index (χ0n) is 22.1. The van der Waals surface area contributed by atoms with Gasteiger partial charge in [0.05, 0.1) is 0 Å². The van der Waals surface area contributed by atoms with E-state index in [0.717, 1.165) is 0 Å². The third-order valence-corrected chi connectivity index (χ3v) is 7.98. The van der Waals surface area contributed by atoms with E-state index in [1.807, 2.05) is 0 Å². The average Bonchev–Trinajstić information content (AvgIpc) is 3.29. The van der Waals surface area contributed by atoms with Crippen LogP contribution in [0.15, 0.2) is 127 Å². The SMILES string of the molecule is CC(C)(C)c1ccc(-c2cc(-c3ccccc3)c3c(c2-c2ccccc2)-c2cccc4cccc-3c24)cc1. The van der Waals surface area contributed by atoms with Crippen LogP contribution in [-0.4, -0.2) is 0 Å². The molecule has 38 heavy (non-hydrogen) atoms. The monoisotopic (exact) mass is 486 g/mol. The van der Waals surface area contributed by atoms with Crippen LogP contribution in [0.4, 0.5) is 0 Å². The molecule has 7 rings (SSSR count). The van der Waals surface area contributed by atoms with Crippen LogP contribution < -0.4 is 0 Å². The Bertz CT molecular complexity index is 1790. The van der Waals surface area contributed by atoms with Crippen molar-refractivity contribution in [3.63, 3.8) is 0 Å². The van der Waals surface area contributed by atoms with Gasteiger partial charge in [-0.2, -0.15) is 0 Å². The molecule has 0 saturated carbocycles. The summed E-state index contributed by atoms with van der Waals surface area (Å²) in [5, 5.41) is 2.66. The summed E-state index contributed by atoms with van der Waals surface area (Å²) in [4.78, 5) is 0. The Labute approximate surface area is 225 Å². The molecule has 0 bridgehead atoms. The van der Waals surface area contributed by atoms with Gasteiger partial charge in [0.25, 0.3) is 0 Å². The molecule has 0 atom stereocenters. The lowest BCUT2D eigenvalue weighted by molar-refractivity contribution is 0.590. The Morgan fingerprint density at radius 2 is 0.921 bits per heavy atom. The summed E-state index contributed by atoms with van der Waals surface area (Å²) < 4.78 is 0. The fraction of sp³-hybridized carbons (Fsp3) is 0.105. The Morgan fingerprint density at radius 1 is 0.395 bits per heavy atom. The number of hydrogen-bond donors (Lipinski definition) is 0. The lowest BCUT2D eigenvalue weighted by Crippen LogP contribution is -2.10. The fourth-order valence-corrected chi connectivity index (χ4v) is 6.12. The van der Waals surface area contributed by atoms with Gasteiger partial charge in [-0.05, 0) is 83.5 Å². The second-order valence-corrected chi connectivity index (χ2v) is 11.4. The van der Waals surface area contributed by atoms with E-state index in [1.165, 1.54) is 72.0 Å². The van der Waals surface area contributed by atoms with Crippen molar-refractivity contribution in [1.29, 1.82) is 0 Å². The summed E-state index contributed by atoms with van der Waals surface area (Å²) in [6.45, 7) is 6.83. The molecule has 0 amide bonds. The van der Waals surface area contributed by atoms with Crippen LogP contribution in [0.3, 0.4) is 0 Å². The molecular weight excluding hydrogens is 456 g/mol. The van der Waals surface area contributed by atoms with E-state index in [4.69, 9.17) is 0 Å². The molecule has 1 aliphatic carbocycles. The standard InChI is InChI=1S/C38H30/c1-38(2,3)29-22-20-26(21-23-29)32-24-33(25-12-6-4-7-13-25)36-30-18-10-16-27-17-11-19-31(34(27)30)37(36)35(32)28-14-8-5-9-15-28/h4-24H,1-3H3. The zero-order valence-corrected chi connectivity index (χ0v) is 22.1. The summed E-state index contributed by atoms with van der Waals surface area (Å²) in [7, 11) is 0. The Hall–Kier alpha value is -4.42. The highest BCUT2D eigenvalue weighted by molar-refractivity contribution is 6.22. The van der Waals surface area contributed by atoms with Crippen LogP contribution in [0.5, 0.6) is 0 Å². The molecule has 6 aromatic carbocycles. The molecule has 0 heteroatoms. The molecule has 0 fully saturated rings. The van der Waals surface area contributed by atoms with Gasteiger partial charge in [-0.15, -0.1) is 0 Å². The van der Waals surface area contributed by atoms with Gasteiger partial charge in [-0.25, -0.2) is 0 Å². The first-order valence-corrected chi connectivity index (χ1v) is 13.5. The molecule has 0 aliphatic heterocycles. The number of benzene rings is 6. The van der Waals surface area contributed by atoms with Crippen LogP contribution in [0, 0.1) is 0 Å². The Morgan fingerprint density at radius 3 is 1.53 bits per heavy atom. The van der Waals surface area contributed by atoms with Crippen molar-refractivity contribution in [3.8, 4) is 55.6 Å². The van der Waals surface area contributed by atoms with Gasteiger partial charge >= 0.3 is 0 Å². The van der Waals surface area contributed by atoms with Gasteiger partial charge in [0.15, 0.2) is 0 Å². The molecule has 0 radical (unpaired) electrons. The fourth-order valence-electron chi connectivity index (χ4n) is 6.12. The maximum Gasteiger partial charge on any atom is -0.000764 e. The second kappa shape index (κ2) is 8.57. The van der Waals surface area contributed by atoms with Crippen LogP contribution >= 0.6 is 0 Å². The molecule has 0 unspecified atom stereocenters. The highest BCUT2D eigenvalue weighted by Crippen LogP contribution is 2.57. The van der Waals surface area contributed by atoms with Crippen LogP contribution in [0.25, 0.3) is 66.4 Å². The lowest BCUT2D eigenvalue weighted by atomic mass is 9.81. The van der Waals surface area contributed by atoms with Crippen molar-refractivity contribution in [2.45, 2.75) is 26.2 Å². The summed E-state index contributed by atoms with van der Waals surface area (Å²) in [5.41, 5.74) is 14.5. The minimum atomic E-state index is 0.116. The van der Waals surface area contributed by atoms with Gasteiger partial charge in [-0.1, -0.05) is 142 Å². The van der Waals surface area contributed by atoms with Crippen molar-refractivity contribution in [3.05, 3.63) is 133 Å². The van der Waals surface area contributed by atoms with Crippen molar-refractivity contribution in [2.75, 3.05) is 0 Å². The maximum atomic E-state index is 2.44. The summed E-state index contributed by atoms with van der Waals surface area (Å²) in [5.74, 6) is 0. The largest absolute Gasteiger partial charge is 0.0622 e. The van der Waals surface area contributed by atoms with E-state index in [2.05, 4.69) is 148 Å². The van der Waals surface area contributed by atoms with Crippen molar-refractivity contribution in [1.82, 2.24) is 0 Å². The first-order valence-electron chi connectivity index (χ1n) is 13.5. The van der Waals surface area contributed by atoms with Crippen LogP contribution in [0.2, 0.25) is 0 Å². The summed E-state index contributed by atoms with van der Waals surface area (Å²) in [6, 6.07) is 47.0. The number of hydrogen-bond acceptors (Lipinski definition) is 0. The van der Waals surface area contributed by atoms with Crippen LogP contribution in [0.1, 0.15) is 26.3 Å². The second-order valence-electron chi connectivity index (χ2n) is 11.4. The minimum absolute atomic E-state index is 0.116. The van der Waals surface area contributed by atoms with Crippen LogP contribution in [-0.2, 0) is 5.41 Å². The van der Waals surface area contributed by atoms with Gasteiger partial charge in [-0.3, -0.25) is 0 Å². The highest BCUT2D eigenvalue weighted by atomic mass is 14.3. The molecule has 0 nitrogen and oxygen atoms in total. The third kappa shape index (κ3) is 3.52. The molecule has 1 aliphatic rings. The summed E-state index contributed by atoms with van der Waals surface area (Å²) in [6.07, 6.45) is 0.